The maximum atomic E-state index is 12.6. The van der Waals surface area contributed by atoms with E-state index in [9.17, 15) is 9.59 Å². The number of aromatic nitrogens is 1. The first-order valence-electron chi connectivity index (χ1n) is 7.89. The van der Waals surface area contributed by atoms with Gasteiger partial charge in [-0.05, 0) is 36.5 Å². The van der Waals surface area contributed by atoms with Crippen molar-refractivity contribution < 1.29 is 14.7 Å². The number of aromatic amines is 1. The Bertz CT molecular complexity index is 685. The lowest BCUT2D eigenvalue weighted by molar-refractivity contribution is -0.138. The van der Waals surface area contributed by atoms with Crippen LogP contribution in [0, 0.1) is 5.92 Å². The Labute approximate surface area is 134 Å². The minimum Gasteiger partial charge on any atom is -0.481 e. The first kappa shape index (κ1) is 15.3. The lowest BCUT2D eigenvalue weighted by Gasteiger charge is -2.31. The molecule has 0 aliphatic carbocycles. The second-order valence-electron chi connectivity index (χ2n) is 5.99. The number of aliphatic carboxylic acids is 1. The van der Waals surface area contributed by atoms with Gasteiger partial charge in [0, 0.05) is 25.2 Å². The highest BCUT2D eigenvalue weighted by Gasteiger charge is 2.25. The molecule has 1 aliphatic heterocycles. The maximum absolute atomic E-state index is 12.6. The number of hydrogen-bond acceptors (Lipinski definition) is 2. The van der Waals surface area contributed by atoms with E-state index in [1.54, 1.807) is 4.90 Å². The third-order valence-corrected chi connectivity index (χ3v) is 4.37. The summed E-state index contributed by atoms with van der Waals surface area (Å²) in [6.07, 6.45) is 1.71. The summed E-state index contributed by atoms with van der Waals surface area (Å²) >= 11 is 0. The quantitative estimate of drug-likeness (QED) is 0.911. The van der Waals surface area contributed by atoms with Crippen molar-refractivity contribution in [3.8, 4) is 11.3 Å². The lowest BCUT2D eigenvalue weighted by Crippen LogP contribution is -2.39. The van der Waals surface area contributed by atoms with E-state index in [2.05, 4.69) is 4.98 Å². The van der Waals surface area contributed by atoms with E-state index in [0.29, 0.717) is 18.8 Å². The van der Waals surface area contributed by atoms with Crippen molar-refractivity contribution in [1.82, 2.24) is 9.88 Å². The van der Waals surface area contributed by atoms with E-state index >= 15 is 0 Å². The van der Waals surface area contributed by atoms with Crippen LogP contribution in [-0.4, -0.2) is 40.0 Å². The van der Waals surface area contributed by atoms with E-state index < -0.39 is 5.97 Å². The van der Waals surface area contributed by atoms with Gasteiger partial charge >= 0.3 is 5.97 Å². The molecule has 2 aromatic rings. The van der Waals surface area contributed by atoms with Gasteiger partial charge in [0.25, 0.3) is 5.91 Å². The Morgan fingerprint density at radius 1 is 1.09 bits per heavy atom. The molecule has 1 aromatic heterocycles. The Morgan fingerprint density at radius 2 is 1.78 bits per heavy atom. The third-order valence-electron chi connectivity index (χ3n) is 4.37. The number of carbonyl (C=O) groups excluding carboxylic acids is 1. The Morgan fingerprint density at radius 3 is 2.43 bits per heavy atom. The number of rotatable bonds is 4. The Balaban J connectivity index is 1.63. The van der Waals surface area contributed by atoms with Crippen molar-refractivity contribution in [2.75, 3.05) is 13.1 Å². The second kappa shape index (κ2) is 6.69. The minimum atomic E-state index is -0.758. The maximum Gasteiger partial charge on any atom is 0.303 e. The summed E-state index contributed by atoms with van der Waals surface area (Å²) in [5, 5.41) is 8.84. The number of carbonyl (C=O) groups is 2. The van der Waals surface area contributed by atoms with Crippen LogP contribution in [0.15, 0.2) is 42.5 Å². The summed E-state index contributed by atoms with van der Waals surface area (Å²) in [6, 6.07) is 13.6. The molecule has 3 rings (SSSR count). The molecule has 0 spiro atoms. The average Bonchev–Trinajstić information content (AvgIpc) is 3.05. The summed E-state index contributed by atoms with van der Waals surface area (Å²) in [7, 11) is 0. The molecule has 120 valence electrons. The molecule has 0 bridgehead atoms. The molecule has 2 heterocycles. The summed E-state index contributed by atoms with van der Waals surface area (Å²) in [6.45, 7) is 1.24. The molecule has 1 fully saturated rings. The van der Waals surface area contributed by atoms with Crippen LogP contribution < -0.4 is 0 Å². The molecular weight excluding hydrogens is 292 g/mol. The molecule has 0 atom stereocenters. The molecule has 1 amide bonds. The molecule has 5 heteroatoms. The van der Waals surface area contributed by atoms with Crippen LogP contribution in [0.5, 0.6) is 0 Å². The molecule has 23 heavy (non-hydrogen) atoms. The summed E-state index contributed by atoms with van der Waals surface area (Å²) < 4.78 is 0. The van der Waals surface area contributed by atoms with Crippen LogP contribution in [0.4, 0.5) is 0 Å². The number of carboxylic acids is 1. The highest BCUT2D eigenvalue weighted by molar-refractivity contribution is 5.93. The standard InChI is InChI=1S/C18H20N2O3/c21-17(22)12-13-8-10-20(11-9-13)18(23)16-7-6-15(19-16)14-4-2-1-3-5-14/h1-7,13,19H,8-12H2,(H,21,22). The third kappa shape index (κ3) is 3.62. The number of amides is 1. The predicted molar refractivity (Wildman–Crippen MR) is 87.1 cm³/mol. The van der Waals surface area contributed by atoms with Gasteiger partial charge in [-0.25, -0.2) is 0 Å². The van der Waals surface area contributed by atoms with Gasteiger partial charge in [0.1, 0.15) is 5.69 Å². The van der Waals surface area contributed by atoms with Gasteiger partial charge in [0.15, 0.2) is 0 Å². The number of nitrogens with zero attached hydrogens (tertiary/aromatic N) is 1. The van der Waals surface area contributed by atoms with E-state index in [4.69, 9.17) is 5.11 Å². The fourth-order valence-electron chi connectivity index (χ4n) is 3.06. The van der Waals surface area contributed by atoms with Crippen LogP contribution in [-0.2, 0) is 4.79 Å². The molecule has 1 aliphatic rings. The Kier molecular flexibility index (Phi) is 4.46. The monoisotopic (exact) mass is 312 g/mol. The topological polar surface area (TPSA) is 73.4 Å². The molecule has 1 aromatic carbocycles. The van der Waals surface area contributed by atoms with E-state index in [0.717, 1.165) is 24.1 Å². The summed E-state index contributed by atoms with van der Waals surface area (Å²) in [5.41, 5.74) is 2.56. The van der Waals surface area contributed by atoms with Crippen LogP contribution >= 0.6 is 0 Å². The van der Waals surface area contributed by atoms with Crippen molar-refractivity contribution >= 4 is 11.9 Å². The van der Waals surface area contributed by atoms with Gasteiger partial charge in [-0.1, -0.05) is 30.3 Å². The van der Waals surface area contributed by atoms with E-state index in [1.807, 2.05) is 42.5 Å². The van der Waals surface area contributed by atoms with Crippen LogP contribution in [0.2, 0.25) is 0 Å². The molecule has 2 N–H and O–H groups in total. The van der Waals surface area contributed by atoms with Gasteiger partial charge in [0.05, 0.1) is 0 Å². The number of piperidine rings is 1. The molecule has 1 saturated heterocycles. The van der Waals surface area contributed by atoms with Crippen LogP contribution in [0.3, 0.4) is 0 Å². The lowest BCUT2D eigenvalue weighted by atomic mass is 9.93. The average molecular weight is 312 g/mol. The van der Waals surface area contributed by atoms with Crippen molar-refractivity contribution in [1.29, 1.82) is 0 Å². The number of benzene rings is 1. The van der Waals surface area contributed by atoms with Gasteiger partial charge in [0.2, 0.25) is 0 Å². The Hall–Kier alpha value is -2.56. The van der Waals surface area contributed by atoms with Crippen molar-refractivity contribution in [2.24, 2.45) is 5.92 Å². The zero-order valence-electron chi connectivity index (χ0n) is 12.9. The minimum absolute atomic E-state index is 0.0130. The fraction of sp³-hybridized carbons (Fsp3) is 0.333. The smallest absolute Gasteiger partial charge is 0.303 e. The first-order chi connectivity index (χ1) is 11.1. The second-order valence-corrected chi connectivity index (χ2v) is 5.99. The van der Waals surface area contributed by atoms with Gasteiger partial charge in [-0.15, -0.1) is 0 Å². The molecule has 0 saturated carbocycles. The van der Waals surface area contributed by atoms with Crippen molar-refractivity contribution in [3.05, 3.63) is 48.2 Å². The van der Waals surface area contributed by atoms with Gasteiger partial charge in [-0.2, -0.15) is 0 Å². The normalized spacial score (nSPS) is 15.6. The van der Waals surface area contributed by atoms with Crippen molar-refractivity contribution in [3.63, 3.8) is 0 Å². The van der Waals surface area contributed by atoms with Gasteiger partial charge < -0.3 is 15.0 Å². The molecular formula is C18H20N2O3. The molecule has 5 nitrogen and oxygen atoms in total. The highest BCUT2D eigenvalue weighted by atomic mass is 16.4. The van der Waals surface area contributed by atoms with Crippen LogP contribution in [0.1, 0.15) is 29.8 Å². The highest BCUT2D eigenvalue weighted by Crippen LogP contribution is 2.23. The zero-order chi connectivity index (χ0) is 16.2. The van der Waals surface area contributed by atoms with E-state index in [1.165, 1.54) is 0 Å². The van der Waals surface area contributed by atoms with Crippen molar-refractivity contribution in [2.45, 2.75) is 19.3 Å². The number of nitrogens with one attached hydrogen (secondary N) is 1. The van der Waals surface area contributed by atoms with Gasteiger partial charge in [-0.3, -0.25) is 9.59 Å². The number of likely N-dealkylation sites (tertiary alicyclic amines) is 1. The number of carboxylic acid groups (broad SMARTS) is 1. The molecule has 0 radical (unpaired) electrons. The summed E-state index contributed by atoms with van der Waals surface area (Å²) in [5.74, 6) is -0.590. The number of H-pyrrole nitrogens is 1. The largest absolute Gasteiger partial charge is 0.481 e. The zero-order valence-corrected chi connectivity index (χ0v) is 12.9. The van der Waals surface area contributed by atoms with Crippen LogP contribution in [0.25, 0.3) is 11.3 Å². The first-order valence-corrected chi connectivity index (χ1v) is 7.89. The SMILES string of the molecule is O=C(O)CC1CCN(C(=O)c2ccc(-c3ccccc3)[nH]2)CC1. The van der Waals surface area contributed by atoms with E-state index in [-0.39, 0.29) is 18.2 Å². The molecule has 0 unspecified atom stereocenters. The fourth-order valence-corrected chi connectivity index (χ4v) is 3.06. The number of hydrogen-bond donors (Lipinski definition) is 2. The summed E-state index contributed by atoms with van der Waals surface area (Å²) in [4.78, 5) is 28.3. The predicted octanol–water partition coefficient (Wildman–Crippen LogP) is 3.01.